The van der Waals surface area contributed by atoms with Crippen LogP contribution in [-0.2, 0) is 10.0 Å². The summed E-state index contributed by atoms with van der Waals surface area (Å²) in [6.07, 6.45) is 5.66. The molecule has 8 nitrogen and oxygen atoms in total. The lowest BCUT2D eigenvalue weighted by molar-refractivity contribution is 0.104. The Labute approximate surface area is 168 Å². The molecule has 0 aliphatic rings. The van der Waals surface area contributed by atoms with Crippen LogP contribution >= 0.6 is 0 Å². The minimum Gasteiger partial charge on any atom is -0.478 e. The van der Waals surface area contributed by atoms with Gasteiger partial charge >= 0.3 is 0 Å². The smallest absolute Gasteiger partial charge is 0.263 e. The first-order valence-electron chi connectivity index (χ1n) is 8.50. The molecule has 0 spiro atoms. The minimum absolute atomic E-state index is 0.000408. The number of methoxy groups -OCH3 is 1. The predicted octanol–water partition coefficient (Wildman–Crippen LogP) is 3.09. The van der Waals surface area contributed by atoms with Crippen molar-refractivity contribution in [3.8, 4) is 5.88 Å². The average Bonchev–Trinajstić information content (AvgIpc) is 2.75. The molecule has 3 rings (SSSR count). The van der Waals surface area contributed by atoms with Gasteiger partial charge in [0.15, 0.2) is 5.78 Å². The molecule has 29 heavy (non-hydrogen) atoms. The largest absolute Gasteiger partial charge is 0.478 e. The SMILES string of the molecule is COc1nccnc1NS(=O)(=O)c1ccc(NC=CC(=O)c2ccccc2)cc1. The van der Waals surface area contributed by atoms with Crippen molar-refractivity contribution in [3.05, 3.63) is 84.8 Å². The number of nitrogens with one attached hydrogen (secondary N) is 2. The highest BCUT2D eigenvalue weighted by Gasteiger charge is 2.17. The lowest BCUT2D eigenvalue weighted by Gasteiger charge is -2.10. The molecule has 2 N–H and O–H groups in total. The number of hydrogen-bond donors (Lipinski definition) is 2. The summed E-state index contributed by atoms with van der Waals surface area (Å²) in [5.74, 6) is -0.0680. The second-order valence-corrected chi connectivity index (χ2v) is 7.43. The van der Waals surface area contributed by atoms with Crippen LogP contribution in [0.15, 0.2) is 84.2 Å². The Morgan fingerprint density at radius 2 is 1.69 bits per heavy atom. The molecule has 0 fully saturated rings. The van der Waals surface area contributed by atoms with E-state index in [0.717, 1.165) is 0 Å². The molecule has 0 saturated heterocycles. The van der Waals surface area contributed by atoms with Crippen LogP contribution < -0.4 is 14.8 Å². The van der Waals surface area contributed by atoms with Crippen LogP contribution in [-0.4, -0.2) is 31.3 Å². The Kier molecular flexibility index (Phi) is 6.20. The van der Waals surface area contributed by atoms with Gasteiger partial charge < -0.3 is 10.1 Å². The first-order valence-corrected chi connectivity index (χ1v) is 9.98. The van der Waals surface area contributed by atoms with Crippen molar-refractivity contribution in [1.29, 1.82) is 0 Å². The van der Waals surface area contributed by atoms with Gasteiger partial charge in [0.05, 0.1) is 12.0 Å². The van der Waals surface area contributed by atoms with Crippen LogP contribution in [0.1, 0.15) is 10.4 Å². The van der Waals surface area contributed by atoms with Gasteiger partial charge in [0.1, 0.15) is 0 Å². The number of carbonyl (C=O) groups excluding carboxylic acids is 1. The van der Waals surface area contributed by atoms with Gasteiger partial charge in [-0.3, -0.25) is 9.52 Å². The van der Waals surface area contributed by atoms with Crippen molar-refractivity contribution >= 4 is 27.3 Å². The van der Waals surface area contributed by atoms with Crippen molar-refractivity contribution in [1.82, 2.24) is 9.97 Å². The van der Waals surface area contributed by atoms with E-state index in [-0.39, 0.29) is 22.4 Å². The van der Waals surface area contributed by atoms with E-state index in [4.69, 9.17) is 4.74 Å². The lowest BCUT2D eigenvalue weighted by Crippen LogP contribution is -2.15. The van der Waals surface area contributed by atoms with Crippen LogP contribution in [0.25, 0.3) is 0 Å². The summed E-state index contributed by atoms with van der Waals surface area (Å²) in [6.45, 7) is 0. The Balaban J connectivity index is 1.66. The zero-order valence-electron chi connectivity index (χ0n) is 15.4. The Morgan fingerprint density at radius 3 is 2.38 bits per heavy atom. The first-order chi connectivity index (χ1) is 14.0. The van der Waals surface area contributed by atoms with Crippen LogP contribution in [0.2, 0.25) is 0 Å². The van der Waals surface area contributed by atoms with E-state index >= 15 is 0 Å². The number of allylic oxidation sites excluding steroid dienone is 1. The molecule has 1 aromatic heterocycles. The maximum Gasteiger partial charge on any atom is 0.263 e. The van der Waals surface area contributed by atoms with Gasteiger partial charge in [-0.05, 0) is 24.3 Å². The third-order valence-corrected chi connectivity index (χ3v) is 5.15. The Hall–Kier alpha value is -3.72. The predicted molar refractivity (Wildman–Crippen MR) is 109 cm³/mol. The molecule has 0 unspecified atom stereocenters. The highest BCUT2D eigenvalue weighted by Crippen LogP contribution is 2.22. The number of ketones is 1. The molecule has 0 aliphatic heterocycles. The Bertz CT molecular complexity index is 1110. The second kappa shape index (κ2) is 8.98. The van der Waals surface area contributed by atoms with Gasteiger partial charge in [0.2, 0.25) is 5.82 Å². The standard InChI is InChI=1S/C20H18N4O4S/c1-28-20-19(22-13-14-23-20)24-29(26,27)17-9-7-16(8-10-17)21-12-11-18(25)15-5-3-2-4-6-15/h2-14,21H,1H3,(H,22,24). The van der Waals surface area contributed by atoms with Gasteiger partial charge in [-0.2, -0.15) is 0 Å². The number of aromatic nitrogens is 2. The molecule has 0 atom stereocenters. The third-order valence-electron chi connectivity index (χ3n) is 3.80. The summed E-state index contributed by atoms with van der Waals surface area (Å²) >= 11 is 0. The molecule has 3 aromatic rings. The van der Waals surface area contributed by atoms with Crippen molar-refractivity contribution in [2.24, 2.45) is 0 Å². The number of benzene rings is 2. The van der Waals surface area contributed by atoms with Gasteiger partial charge in [0.25, 0.3) is 15.9 Å². The average molecular weight is 410 g/mol. The summed E-state index contributed by atoms with van der Waals surface area (Å²) in [5, 5.41) is 2.93. The molecule has 1 heterocycles. The summed E-state index contributed by atoms with van der Waals surface area (Å²) in [6, 6.07) is 14.9. The van der Waals surface area contributed by atoms with Crippen LogP contribution in [0.5, 0.6) is 5.88 Å². The fourth-order valence-electron chi connectivity index (χ4n) is 2.37. The summed E-state index contributed by atoms with van der Waals surface area (Å²) in [5.41, 5.74) is 1.20. The topological polar surface area (TPSA) is 110 Å². The normalized spacial score (nSPS) is 11.2. The number of hydrogen-bond acceptors (Lipinski definition) is 7. The summed E-state index contributed by atoms with van der Waals surface area (Å²) in [7, 11) is -2.49. The lowest BCUT2D eigenvalue weighted by atomic mass is 10.1. The van der Waals surface area contributed by atoms with E-state index in [1.165, 1.54) is 43.9 Å². The molecule has 9 heteroatoms. The van der Waals surface area contributed by atoms with E-state index in [2.05, 4.69) is 20.0 Å². The Morgan fingerprint density at radius 1 is 1.00 bits per heavy atom. The number of carbonyl (C=O) groups is 1. The quantitative estimate of drug-likeness (QED) is 0.434. The van der Waals surface area contributed by atoms with E-state index in [9.17, 15) is 13.2 Å². The minimum atomic E-state index is -3.87. The van der Waals surface area contributed by atoms with Crippen LogP contribution in [0.3, 0.4) is 0 Å². The molecule has 0 amide bonds. The molecule has 0 bridgehead atoms. The maximum atomic E-state index is 12.5. The summed E-state index contributed by atoms with van der Waals surface area (Å²) in [4.78, 5) is 19.9. The molecule has 0 saturated carbocycles. The molecule has 0 aliphatic carbocycles. The van der Waals surface area contributed by atoms with E-state index in [1.807, 2.05) is 6.07 Å². The molecular formula is C20H18N4O4S. The second-order valence-electron chi connectivity index (χ2n) is 5.75. The highest BCUT2D eigenvalue weighted by atomic mass is 32.2. The van der Waals surface area contributed by atoms with E-state index < -0.39 is 10.0 Å². The van der Waals surface area contributed by atoms with Gasteiger partial charge in [-0.1, -0.05) is 30.3 Å². The molecule has 148 valence electrons. The van der Waals surface area contributed by atoms with Crippen LogP contribution in [0.4, 0.5) is 11.5 Å². The number of nitrogens with zero attached hydrogens (tertiary/aromatic N) is 2. The first kappa shape index (κ1) is 20.0. The van der Waals surface area contributed by atoms with Crippen molar-refractivity contribution in [2.45, 2.75) is 4.90 Å². The van der Waals surface area contributed by atoms with Crippen molar-refractivity contribution in [3.63, 3.8) is 0 Å². The zero-order chi connectivity index (χ0) is 20.7. The summed E-state index contributed by atoms with van der Waals surface area (Å²) < 4.78 is 32.4. The van der Waals surface area contributed by atoms with Crippen LogP contribution in [0, 0.1) is 0 Å². The number of rotatable bonds is 8. The fraction of sp³-hybridized carbons (Fsp3) is 0.0500. The van der Waals surface area contributed by atoms with Crippen molar-refractivity contribution in [2.75, 3.05) is 17.1 Å². The molecule has 2 aromatic carbocycles. The number of anilines is 2. The fourth-order valence-corrected chi connectivity index (χ4v) is 3.38. The van der Waals surface area contributed by atoms with E-state index in [1.54, 1.807) is 36.4 Å². The van der Waals surface area contributed by atoms with Crippen molar-refractivity contribution < 1.29 is 17.9 Å². The maximum absolute atomic E-state index is 12.5. The molecular weight excluding hydrogens is 392 g/mol. The number of ether oxygens (including phenoxy) is 1. The van der Waals surface area contributed by atoms with Gasteiger partial charge in [0, 0.05) is 35.9 Å². The monoisotopic (exact) mass is 410 g/mol. The zero-order valence-corrected chi connectivity index (χ0v) is 16.3. The van der Waals surface area contributed by atoms with Gasteiger partial charge in [-0.25, -0.2) is 18.4 Å². The number of sulfonamides is 1. The third kappa shape index (κ3) is 5.17. The van der Waals surface area contributed by atoms with E-state index in [0.29, 0.717) is 11.3 Å². The highest BCUT2D eigenvalue weighted by molar-refractivity contribution is 7.92. The van der Waals surface area contributed by atoms with Gasteiger partial charge in [-0.15, -0.1) is 0 Å². The molecule has 0 radical (unpaired) electrons.